The average Bonchev–Trinajstić information content (AvgIpc) is 3.61. The maximum atomic E-state index is 14.2. The summed E-state index contributed by atoms with van der Waals surface area (Å²) < 4.78 is 11.8. The minimum absolute atomic E-state index is 0.0671. The van der Waals surface area contributed by atoms with Crippen LogP contribution in [0.25, 0.3) is 0 Å². The third-order valence-corrected chi connectivity index (χ3v) is 9.19. The fourth-order valence-electron chi connectivity index (χ4n) is 7.12. The third-order valence-electron chi connectivity index (χ3n) is 9.19. The van der Waals surface area contributed by atoms with E-state index in [1.807, 2.05) is 42.5 Å². The van der Waals surface area contributed by atoms with Gasteiger partial charge in [0.15, 0.2) is 0 Å². The summed E-state index contributed by atoms with van der Waals surface area (Å²) in [6.45, 7) is 2.54. The molecule has 0 radical (unpaired) electrons. The zero-order valence-electron chi connectivity index (χ0n) is 23.0. The summed E-state index contributed by atoms with van der Waals surface area (Å²) in [5.74, 6) is -1.22. The van der Waals surface area contributed by atoms with Gasteiger partial charge in [0, 0.05) is 24.3 Å². The van der Waals surface area contributed by atoms with Gasteiger partial charge in [0.2, 0.25) is 17.7 Å². The number of rotatable bonds is 8. The standard InChI is InChI=1S/C32H37N3O5/c1-20-9-6-7-14-24(20)34-30(37)28-32-17-15-25(40-32)26(29(36)33-22-12-8-13-23(19-22)39-2)27(32)31(38)35(28)18-16-21-10-4-3-5-11-21/h3-5,8,10-13,15,17,19-20,24-28H,6-7,9,14,16,18H2,1-2H3,(H,33,36)(H,34,37)/t20-,24+,25-,26+,27-,28-,32-/m1/s1. The molecule has 3 heterocycles. The number of amides is 3. The number of anilines is 1. The number of hydrogen-bond acceptors (Lipinski definition) is 5. The predicted molar refractivity (Wildman–Crippen MR) is 151 cm³/mol. The van der Waals surface area contributed by atoms with Crippen molar-refractivity contribution in [1.82, 2.24) is 10.2 Å². The summed E-state index contributed by atoms with van der Waals surface area (Å²) in [5.41, 5.74) is 0.492. The average molecular weight is 544 g/mol. The molecule has 1 saturated carbocycles. The zero-order valence-corrected chi connectivity index (χ0v) is 23.0. The first kappa shape index (κ1) is 26.6. The molecule has 1 spiro atoms. The highest BCUT2D eigenvalue weighted by Gasteiger charge is 2.72. The van der Waals surface area contributed by atoms with Gasteiger partial charge in [-0.15, -0.1) is 0 Å². The molecule has 1 aliphatic carbocycles. The highest BCUT2D eigenvalue weighted by Crippen LogP contribution is 2.55. The number of nitrogens with zero attached hydrogens (tertiary/aromatic N) is 1. The lowest BCUT2D eigenvalue weighted by Gasteiger charge is -2.36. The van der Waals surface area contributed by atoms with E-state index in [4.69, 9.17) is 9.47 Å². The molecule has 0 aromatic heterocycles. The van der Waals surface area contributed by atoms with Gasteiger partial charge in [0.05, 0.1) is 25.0 Å². The van der Waals surface area contributed by atoms with Crippen LogP contribution < -0.4 is 15.4 Å². The second-order valence-corrected chi connectivity index (χ2v) is 11.6. The van der Waals surface area contributed by atoms with Crippen LogP contribution >= 0.6 is 0 Å². The van der Waals surface area contributed by atoms with Gasteiger partial charge < -0.3 is 25.0 Å². The molecule has 8 nitrogen and oxygen atoms in total. The van der Waals surface area contributed by atoms with Crippen LogP contribution in [0, 0.1) is 17.8 Å². The zero-order chi connectivity index (χ0) is 27.9. The second-order valence-electron chi connectivity index (χ2n) is 11.6. The van der Waals surface area contributed by atoms with Crippen LogP contribution in [0.5, 0.6) is 5.75 Å². The van der Waals surface area contributed by atoms with Crippen LogP contribution in [0.2, 0.25) is 0 Å². The van der Waals surface area contributed by atoms with E-state index in [1.54, 1.807) is 36.3 Å². The van der Waals surface area contributed by atoms with Gasteiger partial charge in [-0.2, -0.15) is 0 Å². The number of carbonyl (C=O) groups excluding carboxylic acids is 3. The van der Waals surface area contributed by atoms with Gasteiger partial charge in [-0.1, -0.05) is 68.3 Å². The van der Waals surface area contributed by atoms with E-state index in [1.165, 1.54) is 6.42 Å². The summed E-state index contributed by atoms with van der Waals surface area (Å²) in [7, 11) is 1.57. The highest BCUT2D eigenvalue weighted by molar-refractivity contribution is 6.02. The van der Waals surface area contributed by atoms with E-state index in [-0.39, 0.29) is 23.8 Å². The fourth-order valence-corrected chi connectivity index (χ4v) is 7.12. The molecule has 2 saturated heterocycles. The Bertz CT molecular complexity index is 1310. The number of likely N-dealkylation sites (tertiary alicyclic amines) is 1. The number of carbonyl (C=O) groups is 3. The quantitative estimate of drug-likeness (QED) is 0.495. The van der Waals surface area contributed by atoms with Crippen LogP contribution in [0.4, 0.5) is 5.69 Å². The van der Waals surface area contributed by atoms with Crippen LogP contribution in [0.3, 0.4) is 0 Å². The Kier molecular flexibility index (Phi) is 7.13. The number of hydrogen-bond donors (Lipinski definition) is 2. The summed E-state index contributed by atoms with van der Waals surface area (Å²) in [6, 6.07) is 16.3. The van der Waals surface area contributed by atoms with Gasteiger partial charge in [0.25, 0.3) is 0 Å². The normalized spacial score (nSPS) is 32.1. The van der Waals surface area contributed by atoms with Crippen molar-refractivity contribution >= 4 is 23.4 Å². The Balaban J connectivity index is 1.29. The van der Waals surface area contributed by atoms with E-state index in [0.29, 0.717) is 30.3 Å². The first-order chi connectivity index (χ1) is 19.4. The van der Waals surface area contributed by atoms with Crippen molar-refractivity contribution in [3.8, 4) is 5.75 Å². The predicted octanol–water partition coefficient (Wildman–Crippen LogP) is 3.72. The Hall–Kier alpha value is -3.65. The van der Waals surface area contributed by atoms with Crippen molar-refractivity contribution in [3.63, 3.8) is 0 Å². The maximum absolute atomic E-state index is 14.2. The number of benzene rings is 2. The van der Waals surface area contributed by atoms with Crippen LogP contribution in [0.15, 0.2) is 66.7 Å². The van der Waals surface area contributed by atoms with Crippen molar-refractivity contribution < 1.29 is 23.9 Å². The molecule has 7 atom stereocenters. The molecule has 2 bridgehead atoms. The molecule has 6 rings (SSSR count). The van der Waals surface area contributed by atoms with E-state index in [9.17, 15) is 14.4 Å². The fraction of sp³-hybridized carbons (Fsp3) is 0.469. The first-order valence-corrected chi connectivity index (χ1v) is 14.4. The lowest BCUT2D eigenvalue weighted by Crippen LogP contribution is -2.57. The van der Waals surface area contributed by atoms with Gasteiger partial charge in [0.1, 0.15) is 17.4 Å². The van der Waals surface area contributed by atoms with Crippen molar-refractivity contribution in [2.75, 3.05) is 19.0 Å². The van der Waals surface area contributed by atoms with E-state index < -0.39 is 29.6 Å². The van der Waals surface area contributed by atoms with Gasteiger partial charge in [-0.3, -0.25) is 14.4 Å². The van der Waals surface area contributed by atoms with Crippen molar-refractivity contribution in [2.24, 2.45) is 17.8 Å². The molecule has 2 aromatic rings. The minimum atomic E-state index is -1.17. The lowest BCUT2D eigenvalue weighted by molar-refractivity contribution is -0.141. The molecule has 4 aliphatic rings. The molecular weight excluding hydrogens is 506 g/mol. The maximum Gasteiger partial charge on any atom is 0.246 e. The van der Waals surface area contributed by atoms with Gasteiger partial charge >= 0.3 is 0 Å². The molecule has 3 fully saturated rings. The topological polar surface area (TPSA) is 97.0 Å². The molecule has 210 valence electrons. The Labute approximate surface area is 235 Å². The minimum Gasteiger partial charge on any atom is -0.497 e. The number of methoxy groups -OCH3 is 1. The molecule has 2 aromatic carbocycles. The van der Waals surface area contributed by atoms with Crippen molar-refractivity contribution in [1.29, 1.82) is 0 Å². The number of fused-ring (bicyclic) bond motifs is 1. The number of nitrogens with one attached hydrogen (secondary N) is 2. The SMILES string of the molecule is COc1cccc(NC(=O)[C@H]2[C@H]3C=C[C@@]4(O3)[C@H]2C(=O)N(CCc2ccccc2)[C@@H]4C(=O)N[C@H]2CCCC[C@H]2C)c1. The van der Waals surface area contributed by atoms with Gasteiger partial charge in [-0.05, 0) is 42.9 Å². The summed E-state index contributed by atoms with van der Waals surface area (Å²) in [6.07, 6.45) is 8.00. The van der Waals surface area contributed by atoms with Crippen LogP contribution in [-0.2, 0) is 25.5 Å². The van der Waals surface area contributed by atoms with E-state index in [2.05, 4.69) is 17.6 Å². The number of ether oxygens (including phenoxy) is 2. The lowest BCUT2D eigenvalue weighted by atomic mass is 9.74. The van der Waals surface area contributed by atoms with Crippen LogP contribution in [-0.4, -0.2) is 60.1 Å². The van der Waals surface area contributed by atoms with Crippen molar-refractivity contribution in [3.05, 3.63) is 72.3 Å². The third kappa shape index (κ3) is 4.58. The largest absolute Gasteiger partial charge is 0.497 e. The molecule has 0 unspecified atom stereocenters. The second kappa shape index (κ2) is 10.7. The Morgan fingerprint density at radius 1 is 1.07 bits per heavy atom. The van der Waals surface area contributed by atoms with Crippen molar-refractivity contribution in [2.45, 2.75) is 62.8 Å². The van der Waals surface area contributed by atoms with E-state index >= 15 is 0 Å². The monoisotopic (exact) mass is 543 g/mol. The molecule has 8 heteroatoms. The smallest absolute Gasteiger partial charge is 0.246 e. The van der Waals surface area contributed by atoms with E-state index in [0.717, 1.165) is 24.8 Å². The first-order valence-electron chi connectivity index (χ1n) is 14.4. The molecular formula is C32H37N3O5. The molecule has 3 aliphatic heterocycles. The molecule has 2 N–H and O–H groups in total. The Morgan fingerprint density at radius 2 is 1.88 bits per heavy atom. The summed E-state index contributed by atoms with van der Waals surface area (Å²) >= 11 is 0. The molecule has 3 amide bonds. The highest BCUT2D eigenvalue weighted by atomic mass is 16.5. The van der Waals surface area contributed by atoms with Crippen LogP contribution in [0.1, 0.15) is 38.2 Å². The molecule has 40 heavy (non-hydrogen) atoms. The Morgan fingerprint density at radius 3 is 2.65 bits per heavy atom. The summed E-state index contributed by atoms with van der Waals surface area (Å²) in [5, 5.41) is 6.24. The van der Waals surface area contributed by atoms with Gasteiger partial charge in [-0.25, -0.2) is 0 Å². The summed E-state index contributed by atoms with van der Waals surface area (Å²) in [4.78, 5) is 43.6.